The average molecular weight is 487 g/mol. The number of benzene rings is 1. The Hall–Kier alpha value is -3.93. The maximum atomic E-state index is 14.2. The number of nitrogens with zero attached hydrogens (tertiary/aromatic N) is 4. The standard InChI is InChI=1S/C23H24F3N7O2/c1-23(2,35)19(24)10-28-22(34)17-9-27-18-4-3-13(14-6-29-30-7-14)5-16(18)21(17)32-15-8-31-33(11-15)12-20(25)26/h3-9,11,19-20,35H,10,12H2,1-2H3,(H,27,32)(H,28,34)(H,29,30)/t19-/m1/s1. The minimum absolute atomic E-state index is 0.103. The number of aliphatic hydroxyl groups is 1. The van der Waals surface area contributed by atoms with Crippen LogP contribution in [0.15, 0.2) is 49.2 Å². The first-order valence-electron chi connectivity index (χ1n) is 10.8. The SMILES string of the molecule is CC(C)(O)[C@H](F)CNC(=O)c1cnc2ccc(-c3cn[nH]c3)cc2c1Nc1cnn(CC(F)F)c1. The molecule has 0 aliphatic rings. The lowest BCUT2D eigenvalue weighted by molar-refractivity contribution is -0.00177. The maximum Gasteiger partial charge on any atom is 0.257 e. The predicted molar refractivity (Wildman–Crippen MR) is 124 cm³/mol. The molecule has 3 heterocycles. The third-order valence-corrected chi connectivity index (χ3v) is 5.38. The lowest BCUT2D eigenvalue weighted by Crippen LogP contribution is -2.42. The number of rotatable bonds is 9. The van der Waals surface area contributed by atoms with Gasteiger partial charge in [0.15, 0.2) is 0 Å². The molecule has 3 aromatic heterocycles. The van der Waals surface area contributed by atoms with Crippen LogP contribution in [0, 0.1) is 0 Å². The van der Waals surface area contributed by atoms with E-state index in [-0.39, 0.29) is 5.56 Å². The number of halogens is 3. The summed E-state index contributed by atoms with van der Waals surface area (Å²) in [5.41, 5.74) is 1.36. The third-order valence-electron chi connectivity index (χ3n) is 5.38. The molecule has 12 heteroatoms. The number of amides is 1. The highest BCUT2D eigenvalue weighted by Crippen LogP contribution is 2.32. The number of carbonyl (C=O) groups is 1. The van der Waals surface area contributed by atoms with Crippen molar-refractivity contribution in [2.24, 2.45) is 0 Å². The number of H-pyrrole nitrogens is 1. The first-order chi connectivity index (χ1) is 16.6. The number of pyridine rings is 1. The number of aromatic nitrogens is 5. The van der Waals surface area contributed by atoms with Gasteiger partial charge in [0.1, 0.15) is 12.7 Å². The summed E-state index contributed by atoms with van der Waals surface area (Å²) in [7, 11) is 0. The van der Waals surface area contributed by atoms with Gasteiger partial charge in [-0.1, -0.05) is 6.07 Å². The van der Waals surface area contributed by atoms with Crippen LogP contribution in [0.2, 0.25) is 0 Å². The van der Waals surface area contributed by atoms with Gasteiger partial charge in [0.05, 0.1) is 47.0 Å². The summed E-state index contributed by atoms with van der Waals surface area (Å²) in [6.07, 6.45) is 3.19. The van der Waals surface area contributed by atoms with Crippen LogP contribution in [0.4, 0.5) is 24.5 Å². The van der Waals surface area contributed by atoms with Crippen molar-refractivity contribution in [3.8, 4) is 11.1 Å². The monoisotopic (exact) mass is 487 g/mol. The molecule has 0 saturated heterocycles. The average Bonchev–Trinajstić information content (AvgIpc) is 3.48. The quantitative estimate of drug-likeness (QED) is 0.286. The van der Waals surface area contributed by atoms with Crippen molar-refractivity contribution in [2.75, 3.05) is 11.9 Å². The summed E-state index contributed by atoms with van der Waals surface area (Å²) in [4.78, 5) is 17.4. The molecule has 0 aliphatic carbocycles. The zero-order valence-corrected chi connectivity index (χ0v) is 19.0. The normalized spacial score (nSPS) is 12.8. The van der Waals surface area contributed by atoms with E-state index in [4.69, 9.17) is 0 Å². The van der Waals surface area contributed by atoms with E-state index in [1.807, 2.05) is 12.1 Å². The molecule has 0 fully saturated rings. The molecule has 4 rings (SSSR count). The van der Waals surface area contributed by atoms with Gasteiger partial charge in [-0.15, -0.1) is 0 Å². The third kappa shape index (κ3) is 5.60. The highest BCUT2D eigenvalue weighted by atomic mass is 19.3. The van der Waals surface area contributed by atoms with Gasteiger partial charge in [-0.25, -0.2) is 13.2 Å². The van der Waals surface area contributed by atoms with E-state index in [2.05, 4.69) is 30.9 Å². The molecule has 4 N–H and O–H groups in total. The molecule has 1 amide bonds. The zero-order valence-electron chi connectivity index (χ0n) is 19.0. The van der Waals surface area contributed by atoms with Crippen molar-refractivity contribution in [3.05, 3.63) is 54.7 Å². The minimum atomic E-state index is -2.58. The molecular formula is C23H24F3N7O2. The van der Waals surface area contributed by atoms with Gasteiger partial charge >= 0.3 is 0 Å². The van der Waals surface area contributed by atoms with Gasteiger partial charge in [0, 0.05) is 29.5 Å². The summed E-state index contributed by atoms with van der Waals surface area (Å²) in [6.45, 7) is 1.62. The molecule has 0 unspecified atom stereocenters. The van der Waals surface area contributed by atoms with Crippen molar-refractivity contribution < 1.29 is 23.1 Å². The summed E-state index contributed by atoms with van der Waals surface area (Å²) in [5, 5.41) is 26.6. The Morgan fingerprint density at radius 2 is 2.00 bits per heavy atom. The molecule has 0 aliphatic heterocycles. The van der Waals surface area contributed by atoms with E-state index in [1.165, 1.54) is 32.4 Å². The molecule has 0 spiro atoms. The van der Waals surface area contributed by atoms with Crippen LogP contribution in [0.1, 0.15) is 24.2 Å². The zero-order chi connectivity index (χ0) is 25.2. The molecule has 0 bridgehead atoms. The first kappa shape index (κ1) is 24.2. The first-order valence-corrected chi connectivity index (χ1v) is 10.8. The second kappa shape index (κ2) is 9.74. The van der Waals surface area contributed by atoms with Gasteiger partial charge in [-0.3, -0.25) is 19.6 Å². The van der Waals surface area contributed by atoms with E-state index in [1.54, 1.807) is 18.5 Å². The number of alkyl halides is 3. The van der Waals surface area contributed by atoms with Crippen LogP contribution in [0.3, 0.4) is 0 Å². The summed E-state index contributed by atoms with van der Waals surface area (Å²) in [5.74, 6) is -0.623. The maximum absolute atomic E-state index is 14.2. The fourth-order valence-corrected chi connectivity index (χ4v) is 3.43. The van der Waals surface area contributed by atoms with Crippen molar-refractivity contribution in [2.45, 2.75) is 38.6 Å². The Morgan fingerprint density at radius 1 is 1.20 bits per heavy atom. The molecule has 0 radical (unpaired) electrons. The number of carbonyl (C=O) groups excluding carboxylic acids is 1. The minimum Gasteiger partial charge on any atom is -0.387 e. The number of hydrogen-bond donors (Lipinski definition) is 4. The van der Waals surface area contributed by atoms with E-state index in [0.29, 0.717) is 22.3 Å². The number of aromatic amines is 1. The fourth-order valence-electron chi connectivity index (χ4n) is 3.43. The van der Waals surface area contributed by atoms with Crippen LogP contribution in [0.25, 0.3) is 22.0 Å². The lowest BCUT2D eigenvalue weighted by Gasteiger charge is -2.22. The molecule has 9 nitrogen and oxygen atoms in total. The van der Waals surface area contributed by atoms with Crippen LogP contribution in [-0.4, -0.2) is 60.7 Å². The predicted octanol–water partition coefficient (Wildman–Crippen LogP) is 3.67. The van der Waals surface area contributed by atoms with Gasteiger partial charge in [-0.05, 0) is 31.5 Å². The number of hydrogen-bond acceptors (Lipinski definition) is 6. The van der Waals surface area contributed by atoms with Crippen molar-refractivity contribution in [1.82, 2.24) is 30.3 Å². The van der Waals surface area contributed by atoms with Crippen LogP contribution < -0.4 is 10.6 Å². The van der Waals surface area contributed by atoms with Gasteiger partial charge in [0.2, 0.25) is 0 Å². The Labute approximate surface area is 198 Å². The Kier molecular flexibility index (Phi) is 6.74. The molecule has 4 aromatic rings. The van der Waals surface area contributed by atoms with Crippen molar-refractivity contribution in [3.63, 3.8) is 0 Å². The van der Waals surface area contributed by atoms with E-state index >= 15 is 0 Å². The number of anilines is 2. The molecule has 1 aromatic carbocycles. The molecule has 0 saturated carbocycles. The van der Waals surface area contributed by atoms with Crippen molar-refractivity contribution >= 4 is 28.2 Å². The second-order valence-electron chi connectivity index (χ2n) is 8.56. The summed E-state index contributed by atoms with van der Waals surface area (Å²) < 4.78 is 40.8. The van der Waals surface area contributed by atoms with Gasteiger partial charge in [-0.2, -0.15) is 10.2 Å². The molecule has 184 valence electrons. The topological polar surface area (TPSA) is 121 Å². The largest absolute Gasteiger partial charge is 0.387 e. The highest BCUT2D eigenvalue weighted by Gasteiger charge is 2.27. The van der Waals surface area contributed by atoms with E-state index in [9.17, 15) is 23.1 Å². The molecular weight excluding hydrogens is 463 g/mol. The molecule has 1 atom stereocenters. The van der Waals surface area contributed by atoms with E-state index in [0.717, 1.165) is 15.8 Å². The van der Waals surface area contributed by atoms with Crippen LogP contribution in [0.5, 0.6) is 0 Å². The fraction of sp³-hybridized carbons (Fsp3) is 0.304. The Bertz CT molecular complexity index is 1320. The van der Waals surface area contributed by atoms with E-state index < -0.39 is 37.2 Å². The second-order valence-corrected chi connectivity index (χ2v) is 8.56. The lowest BCUT2D eigenvalue weighted by atomic mass is 10.0. The summed E-state index contributed by atoms with van der Waals surface area (Å²) in [6, 6.07) is 5.43. The smallest absolute Gasteiger partial charge is 0.257 e. The van der Waals surface area contributed by atoms with Crippen LogP contribution in [-0.2, 0) is 6.54 Å². The molecule has 35 heavy (non-hydrogen) atoms. The number of fused-ring (bicyclic) bond motifs is 1. The number of nitrogens with one attached hydrogen (secondary N) is 3. The van der Waals surface area contributed by atoms with Gasteiger partial charge < -0.3 is 15.7 Å². The Balaban J connectivity index is 1.74. The van der Waals surface area contributed by atoms with Crippen molar-refractivity contribution in [1.29, 1.82) is 0 Å². The van der Waals surface area contributed by atoms with Crippen LogP contribution >= 0.6 is 0 Å². The summed E-state index contributed by atoms with van der Waals surface area (Å²) >= 11 is 0. The van der Waals surface area contributed by atoms with Gasteiger partial charge in [0.25, 0.3) is 12.3 Å². The highest BCUT2D eigenvalue weighted by molar-refractivity contribution is 6.08. The Morgan fingerprint density at radius 3 is 2.69 bits per heavy atom.